The van der Waals surface area contributed by atoms with Gasteiger partial charge in [-0.3, -0.25) is 0 Å². The summed E-state index contributed by atoms with van der Waals surface area (Å²) in [5.74, 6) is 0. The van der Waals surface area contributed by atoms with Crippen LogP contribution in [0.5, 0.6) is 0 Å². The molecule has 3 unspecified atom stereocenters. The number of carbonyl (C=O) groups is 1. The van der Waals surface area contributed by atoms with Gasteiger partial charge in [-0.05, 0) is 24.6 Å². The Labute approximate surface area is 124 Å². The van der Waals surface area contributed by atoms with Gasteiger partial charge in [-0.1, -0.05) is 48.0 Å². The Morgan fingerprint density at radius 2 is 1.62 bits per heavy atom. The third-order valence-electron chi connectivity index (χ3n) is 3.68. The molecule has 0 saturated carbocycles. The Kier molecular flexibility index (Phi) is 3.39. The largest absolute Gasteiger partial charge is 0.302 e. The van der Waals surface area contributed by atoms with E-state index < -0.39 is 22.1 Å². The molecule has 0 spiro atoms. The third kappa shape index (κ3) is 2.39. The van der Waals surface area contributed by atoms with E-state index >= 15 is 0 Å². The number of aryl methyl sites for hydroxylation is 1. The van der Waals surface area contributed by atoms with Crippen molar-refractivity contribution in [3.05, 3.63) is 65.7 Å². The van der Waals surface area contributed by atoms with Crippen LogP contribution in [-0.4, -0.2) is 25.1 Å². The molecule has 21 heavy (non-hydrogen) atoms. The Balaban J connectivity index is 1.96. The molecule has 2 aromatic rings. The maximum atomic E-state index is 12.6. The van der Waals surface area contributed by atoms with E-state index in [-0.39, 0.29) is 4.90 Å². The van der Waals surface area contributed by atoms with Crippen molar-refractivity contribution in [3.8, 4) is 0 Å². The van der Waals surface area contributed by atoms with E-state index in [1.807, 2.05) is 37.3 Å². The van der Waals surface area contributed by atoms with Gasteiger partial charge in [0.2, 0.25) is 10.0 Å². The maximum Gasteiger partial charge on any atom is 0.244 e. The second kappa shape index (κ2) is 5.09. The van der Waals surface area contributed by atoms with Gasteiger partial charge < -0.3 is 4.79 Å². The van der Waals surface area contributed by atoms with Crippen LogP contribution in [0.2, 0.25) is 0 Å². The summed E-state index contributed by atoms with van der Waals surface area (Å²) >= 11 is 0. The van der Waals surface area contributed by atoms with Crippen LogP contribution in [0.25, 0.3) is 0 Å². The fraction of sp³-hybridized carbons (Fsp3) is 0.188. The molecule has 1 aliphatic rings. The van der Waals surface area contributed by atoms with Gasteiger partial charge in [-0.2, -0.15) is 4.31 Å². The third-order valence-corrected chi connectivity index (χ3v) is 5.57. The van der Waals surface area contributed by atoms with E-state index in [2.05, 4.69) is 0 Å². The predicted molar refractivity (Wildman–Crippen MR) is 79.2 cm³/mol. The van der Waals surface area contributed by atoms with E-state index in [0.717, 1.165) is 11.1 Å². The summed E-state index contributed by atoms with van der Waals surface area (Å²) < 4.78 is 26.5. The second-order valence-corrected chi connectivity index (χ2v) is 6.97. The zero-order valence-electron chi connectivity index (χ0n) is 11.5. The number of rotatable bonds is 4. The quantitative estimate of drug-likeness (QED) is 0.643. The van der Waals surface area contributed by atoms with Gasteiger partial charge >= 0.3 is 0 Å². The number of hydrogen-bond donors (Lipinski definition) is 0. The minimum absolute atomic E-state index is 0.221. The SMILES string of the molecule is Cc1ccc(S(=O)(=O)N2C(C=O)C2c2ccccc2)cc1. The molecule has 3 rings (SSSR count). The number of nitrogens with zero attached hydrogens (tertiary/aromatic N) is 1. The molecule has 1 saturated heterocycles. The first-order chi connectivity index (χ1) is 10.1. The van der Waals surface area contributed by atoms with Crippen molar-refractivity contribution in [3.63, 3.8) is 0 Å². The van der Waals surface area contributed by atoms with E-state index in [9.17, 15) is 13.2 Å². The van der Waals surface area contributed by atoms with Crippen LogP contribution in [0.15, 0.2) is 59.5 Å². The van der Waals surface area contributed by atoms with Crippen LogP contribution in [-0.2, 0) is 14.8 Å². The minimum atomic E-state index is -3.64. The van der Waals surface area contributed by atoms with Crippen LogP contribution in [0.3, 0.4) is 0 Å². The van der Waals surface area contributed by atoms with Crippen molar-refractivity contribution in [2.75, 3.05) is 0 Å². The molecule has 0 radical (unpaired) electrons. The highest BCUT2D eigenvalue weighted by Crippen LogP contribution is 2.46. The summed E-state index contributed by atoms with van der Waals surface area (Å²) in [6, 6.07) is 14.9. The topological polar surface area (TPSA) is 54.2 Å². The van der Waals surface area contributed by atoms with Gasteiger partial charge in [0.15, 0.2) is 0 Å². The maximum absolute atomic E-state index is 12.6. The van der Waals surface area contributed by atoms with Crippen LogP contribution >= 0.6 is 0 Å². The first-order valence-corrected chi connectivity index (χ1v) is 8.10. The summed E-state index contributed by atoms with van der Waals surface area (Å²) in [5, 5.41) is 0. The molecule has 5 heteroatoms. The first-order valence-electron chi connectivity index (χ1n) is 6.66. The lowest BCUT2D eigenvalue weighted by Crippen LogP contribution is -2.15. The van der Waals surface area contributed by atoms with E-state index in [0.29, 0.717) is 6.29 Å². The molecule has 3 atom stereocenters. The molecule has 0 bridgehead atoms. The summed E-state index contributed by atoms with van der Waals surface area (Å²) in [5.41, 5.74) is 1.83. The predicted octanol–water partition coefficient (Wildman–Crippen LogP) is 2.31. The average molecular weight is 301 g/mol. The zero-order valence-corrected chi connectivity index (χ0v) is 12.3. The smallest absolute Gasteiger partial charge is 0.244 e. The molecule has 0 aliphatic carbocycles. The van der Waals surface area contributed by atoms with Crippen molar-refractivity contribution in [2.24, 2.45) is 0 Å². The second-order valence-electron chi connectivity index (χ2n) is 5.13. The monoisotopic (exact) mass is 301 g/mol. The Bertz CT molecular complexity index is 754. The van der Waals surface area contributed by atoms with E-state index in [1.165, 1.54) is 4.31 Å². The zero-order chi connectivity index (χ0) is 15.0. The van der Waals surface area contributed by atoms with Crippen molar-refractivity contribution in [2.45, 2.75) is 23.9 Å². The number of benzene rings is 2. The standard InChI is InChI=1S/C16H15NO3S/c1-12-7-9-14(10-8-12)21(19,20)17-15(11-18)16(17)13-5-3-2-4-6-13/h2-11,15-16H,1H3. The molecule has 0 N–H and O–H groups in total. The van der Waals surface area contributed by atoms with E-state index in [1.54, 1.807) is 24.3 Å². The number of aldehydes is 1. The van der Waals surface area contributed by atoms with Crippen molar-refractivity contribution >= 4 is 16.3 Å². The number of carbonyl (C=O) groups excluding carboxylic acids is 1. The fourth-order valence-corrected chi connectivity index (χ4v) is 4.20. The molecule has 1 fully saturated rings. The molecule has 108 valence electrons. The summed E-state index contributed by atoms with van der Waals surface area (Å²) in [6.07, 6.45) is 0.698. The summed E-state index contributed by atoms with van der Waals surface area (Å²) in [6.45, 7) is 1.90. The first kappa shape index (κ1) is 14.0. The van der Waals surface area contributed by atoms with Gasteiger partial charge in [-0.15, -0.1) is 0 Å². The van der Waals surface area contributed by atoms with Crippen LogP contribution in [0.1, 0.15) is 17.2 Å². The molecule has 4 nitrogen and oxygen atoms in total. The normalized spacial score (nSPS) is 24.5. The Morgan fingerprint density at radius 1 is 1.00 bits per heavy atom. The minimum Gasteiger partial charge on any atom is -0.302 e. The van der Waals surface area contributed by atoms with Crippen LogP contribution < -0.4 is 0 Å². The Morgan fingerprint density at radius 3 is 2.19 bits per heavy atom. The molecular formula is C16H15NO3S. The van der Waals surface area contributed by atoms with Gasteiger partial charge in [-0.25, -0.2) is 8.42 Å². The number of sulfonamides is 1. The number of hydrogen-bond acceptors (Lipinski definition) is 3. The lowest BCUT2D eigenvalue weighted by atomic mass is 10.1. The highest BCUT2D eigenvalue weighted by atomic mass is 32.2. The molecule has 2 aromatic carbocycles. The molecular weight excluding hydrogens is 286 g/mol. The highest BCUT2D eigenvalue weighted by molar-refractivity contribution is 7.89. The van der Waals surface area contributed by atoms with Crippen LogP contribution in [0, 0.1) is 6.92 Å². The summed E-state index contributed by atoms with van der Waals surface area (Å²) in [4.78, 5) is 11.4. The van der Waals surface area contributed by atoms with Crippen molar-refractivity contribution < 1.29 is 13.2 Å². The van der Waals surface area contributed by atoms with E-state index in [4.69, 9.17) is 0 Å². The molecule has 1 aliphatic heterocycles. The van der Waals surface area contributed by atoms with Gasteiger partial charge in [0.25, 0.3) is 0 Å². The summed E-state index contributed by atoms with van der Waals surface area (Å²) in [7, 11) is -3.64. The lowest BCUT2D eigenvalue weighted by Gasteiger charge is -2.06. The lowest BCUT2D eigenvalue weighted by molar-refractivity contribution is -0.107. The molecule has 0 amide bonds. The highest BCUT2D eigenvalue weighted by Gasteiger charge is 2.56. The molecule has 0 aromatic heterocycles. The van der Waals surface area contributed by atoms with Crippen molar-refractivity contribution in [1.29, 1.82) is 0 Å². The van der Waals surface area contributed by atoms with Gasteiger partial charge in [0.1, 0.15) is 12.3 Å². The fourth-order valence-electron chi connectivity index (χ4n) is 2.50. The van der Waals surface area contributed by atoms with Gasteiger partial charge in [0, 0.05) is 0 Å². The van der Waals surface area contributed by atoms with Crippen LogP contribution in [0.4, 0.5) is 0 Å². The Hall–Kier alpha value is -1.98. The average Bonchev–Trinajstić information content (AvgIpc) is 3.24. The molecule has 1 heterocycles. The van der Waals surface area contributed by atoms with Crippen molar-refractivity contribution in [1.82, 2.24) is 4.31 Å². The van der Waals surface area contributed by atoms with Gasteiger partial charge in [0.05, 0.1) is 10.9 Å².